The van der Waals surface area contributed by atoms with Gasteiger partial charge in [-0.2, -0.15) is 0 Å². The molecule has 0 unspecified atom stereocenters. The molecular formula is C23H26N2O6S2. The number of methoxy groups -OCH3 is 3. The molecule has 3 aromatic rings. The molecule has 0 saturated heterocycles. The number of hydrogen-bond acceptors (Lipinski definition) is 7. The van der Waals surface area contributed by atoms with Gasteiger partial charge in [-0.1, -0.05) is 6.07 Å². The lowest BCUT2D eigenvalue weighted by atomic mass is 10.1. The van der Waals surface area contributed by atoms with Crippen LogP contribution < -0.4 is 24.2 Å². The minimum absolute atomic E-state index is 0.106. The Kier molecular flexibility index (Phi) is 8.32. The summed E-state index contributed by atoms with van der Waals surface area (Å²) in [5.41, 5.74) is 1.10. The second-order valence-corrected chi connectivity index (χ2v) is 9.77. The van der Waals surface area contributed by atoms with Crippen molar-refractivity contribution in [3.63, 3.8) is 0 Å². The summed E-state index contributed by atoms with van der Waals surface area (Å²) >= 11 is 1.58. The predicted molar refractivity (Wildman–Crippen MR) is 127 cm³/mol. The van der Waals surface area contributed by atoms with Crippen molar-refractivity contribution < 1.29 is 27.4 Å². The molecule has 33 heavy (non-hydrogen) atoms. The third kappa shape index (κ3) is 6.25. The van der Waals surface area contributed by atoms with Crippen molar-refractivity contribution in [3.05, 3.63) is 69.9 Å². The van der Waals surface area contributed by atoms with Gasteiger partial charge in [0.25, 0.3) is 5.91 Å². The minimum atomic E-state index is -3.65. The monoisotopic (exact) mass is 490 g/mol. The normalized spacial score (nSPS) is 11.1. The second kappa shape index (κ2) is 11.2. The van der Waals surface area contributed by atoms with Crippen LogP contribution in [0.2, 0.25) is 0 Å². The smallest absolute Gasteiger partial charge is 0.251 e. The van der Waals surface area contributed by atoms with E-state index in [1.54, 1.807) is 23.5 Å². The Balaban J connectivity index is 1.61. The van der Waals surface area contributed by atoms with Crippen LogP contribution >= 0.6 is 11.3 Å². The minimum Gasteiger partial charge on any atom is -0.493 e. The van der Waals surface area contributed by atoms with Crippen LogP contribution in [0.5, 0.6) is 17.2 Å². The number of benzene rings is 2. The third-order valence-corrected chi connectivity index (χ3v) is 7.26. The molecule has 0 saturated carbocycles. The van der Waals surface area contributed by atoms with Crippen LogP contribution in [-0.4, -0.2) is 42.2 Å². The number of ether oxygens (including phenoxy) is 3. The van der Waals surface area contributed by atoms with E-state index in [1.807, 2.05) is 17.5 Å². The Morgan fingerprint density at radius 1 is 0.970 bits per heavy atom. The average molecular weight is 491 g/mol. The highest BCUT2D eigenvalue weighted by Crippen LogP contribution is 2.38. The van der Waals surface area contributed by atoms with Crippen LogP contribution in [0.15, 0.2) is 58.8 Å². The lowest BCUT2D eigenvalue weighted by molar-refractivity contribution is 0.0950. The van der Waals surface area contributed by atoms with E-state index in [-0.39, 0.29) is 17.3 Å². The van der Waals surface area contributed by atoms with E-state index in [0.29, 0.717) is 35.8 Å². The molecule has 0 radical (unpaired) electrons. The first-order chi connectivity index (χ1) is 15.9. The van der Waals surface area contributed by atoms with Crippen LogP contribution in [0.3, 0.4) is 0 Å². The summed E-state index contributed by atoms with van der Waals surface area (Å²) in [5, 5.41) is 4.76. The standard InChI is InChI=1S/C23H26N2O6S2/c1-29-20-13-16(14-21(30-2)22(20)31-3)15-24-23(26)17-6-8-19(9-7-17)33(27,28)25-11-10-18-5-4-12-32-18/h4-9,12-14,25H,10-11,15H2,1-3H3,(H,24,26). The molecule has 1 heterocycles. The molecule has 1 amide bonds. The molecule has 0 aliphatic rings. The second-order valence-electron chi connectivity index (χ2n) is 6.97. The Labute approximate surface area is 197 Å². The van der Waals surface area contributed by atoms with E-state index in [2.05, 4.69) is 10.0 Å². The highest BCUT2D eigenvalue weighted by Gasteiger charge is 2.16. The van der Waals surface area contributed by atoms with Gasteiger partial charge in [-0.3, -0.25) is 4.79 Å². The Bertz CT molecular complexity index is 1150. The largest absolute Gasteiger partial charge is 0.493 e. The molecule has 0 atom stereocenters. The topological polar surface area (TPSA) is 103 Å². The van der Waals surface area contributed by atoms with Crippen molar-refractivity contribution in [3.8, 4) is 17.2 Å². The SMILES string of the molecule is COc1cc(CNC(=O)c2ccc(S(=O)(=O)NCCc3cccs3)cc2)cc(OC)c1OC. The average Bonchev–Trinajstić information content (AvgIpc) is 3.35. The van der Waals surface area contributed by atoms with Gasteiger partial charge in [-0.25, -0.2) is 13.1 Å². The fourth-order valence-corrected chi connectivity index (χ4v) is 4.89. The van der Waals surface area contributed by atoms with Crippen LogP contribution in [0.25, 0.3) is 0 Å². The predicted octanol–water partition coefficient (Wildman–Crippen LogP) is 3.22. The van der Waals surface area contributed by atoms with Crippen molar-refractivity contribution in [1.29, 1.82) is 0 Å². The van der Waals surface area contributed by atoms with Crippen molar-refractivity contribution in [2.45, 2.75) is 17.9 Å². The van der Waals surface area contributed by atoms with Gasteiger partial charge < -0.3 is 19.5 Å². The Morgan fingerprint density at radius 2 is 1.64 bits per heavy atom. The van der Waals surface area contributed by atoms with E-state index < -0.39 is 10.0 Å². The molecule has 0 aliphatic carbocycles. The van der Waals surface area contributed by atoms with Gasteiger partial charge in [0.05, 0.1) is 26.2 Å². The summed E-state index contributed by atoms with van der Waals surface area (Å²) in [6, 6.07) is 13.2. The zero-order chi connectivity index (χ0) is 23.8. The van der Waals surface area contributed by atoms with E-state index in [9.17, 15) is 13.2 Å². The first kappa shape index (κ1) is 24.6. The number of nitrogens with one attached hydrogen (secondary N) is 2. The summed E-state index contributed by atoms with van der Waals surface area (Å²) < 4.78 is 43.5. The van der Waals surface area contributed by atoms with Gasteiger partial charge in [0.15, 0.2) is 11.5 Å². The first-order valence-corrected chi connectivity index (χ1v) is 12.4. The molecular weight excluding hydrogens is 464 g/mol. The number of sulfonamides is 1. The van der Waals surface area contributed by atoms with E-state index in [1.165, 1.54) is 45.6 Å². The van der Waals surface area contributed by atoms with E-state index in [0.717, 1.165) is 10.4 Å². The fourth-order valence-electron chi connectivity index (χ4n) is 3.15. The lowest BCUT2D eigenvalue weighted by Crippen LogP contribution is -2.26. The molecule has 8 nitrogen and oxygen atoms in total. The van der Waals surface area contributed by atoms with Crippen LogP contribution in [-0.2, 0) is 23.0 Å². The molecule has 2 N–H and O–H groups in total. The molecule has 1 aromatic heterocycles. The third-order valence-electron chi connectivity index (χ3n) is 4.85. The molecule has 3 rings (SSSR count). The summed E-state index contributed by atoms with van der Waals surface area (Å²) in [6.07, 6.45) is 0.623. The summed E-state index contributed by atoms with van der Waals surface area (Å²) in [7, 11) is 0.909. The number of carbonyl (C=O) groups excluding carboxylic acids is 1. The van der Waals surface area contributed by atoms with E-state index in [4.69, 9.17) is 14.2 Å². The number of rotatable bonds is 11. The van der Waals surface area contributed by atoms with Gasteiger partial charge in [0.1, 0.15) is 0 Å². The van der Waals surface area contributed by atoms with Gasteiger partial charge in [-0.15, -0.1) is 11.3 Å². The zero-order valence-electron chi connectivity index (χ0n) is 18.6. The molecule has 0 fully saturated rings. The molecule has 0 aliphatic heterocycles. The van der Waals surface area contributed by atoms with Gasteiger partial charge >= 0.3 is 0 Å². The van der Waals surface area contributed by atoms with Crippen molar-refractivity contribution in [2.24, 2.45) is 0 Å². The maximum atomic E-state index is 12.6. The summed E-state index contributed by atoms with van der Waals surface area (Å²) in [4.78, 5) is 13.8. The maximum Gasteiger partial charge on any atom is 0.251 e. The highest BCUT2D eigenvalue weighted by atomic mass is 32.2. The molecule has 2 aromatic carbocycles. The Hall–Kier alpha value is -3.08. The molecule has 0 bridgehead atoms. The number of hydrogen-bond donors (Lipinski definition) is 2. The quantitative estimate of drug-likeness (QED) is 0.428. The maximum absolute atomic E-state index is 12.6. The van der Waals surface area contributed by atoms with Crippen LogP contribution in [0, 0.1) is 0 Å². The summed E-state index contributed by atoms with van der Waals surface area (Å²) in [5.74, 6) is 1.11. The van der Waals surface area contributed by atoms with Gasteiger partial charge in [0, 0.05) is 23.5 Å². The fraction of sp³-hybridized carbons (Fsp3) is 0.261. The number of thiophene rings is 1. The van der Waals surface area contributed by atoms with Gasteiger partial charge in [-0.05, 0) is 59.8 Å². The van der Waals surface area contributed by atoms with Gasteiger partial charge in [0.2, 0.25) is 15.8 Å². The Morgan fingerprint density at radius 3 is 2.18 bits per heavy atom. The van der Waals surface area contributed by atoms with Crippen molar-refractivity contribution in [1.82, 2.24) is 10.0 Å². The van der Waals surface area contributed by atoms with E-state index >= 15 is 0 Å². The first-order valence-electron chi connectivity index (χ1n) is 10.1. The van der Waals surface area contributed by atoms with Crippen molar-refractivity contribution >= 4 is 27.3 Å². The van der Waals surface area contributed by atoms with Crippen molar-refractivity contribution in [2.75, 3.05) is 27.9 Å². The number of amides is 1. The molecule has 0 spiro atoms. The lowest BCUT2D eigenvalue weighted by Gasteiger charge is -2.14. The van der Waals surface area contributed by atoms with Crippen LogP contribution in [0.4, 0.5) is 0 Å². The van der Waals surface area contributed by atoms with Crippen LogP contribution in [0.1, 0.15) is 20.8 Å². The number of carbonyl (C=O) groups is 1. The molecule has 10 heteroatoms. The molecule has 176 valence electrons. The highest BCUT2D eigenvalue weighted by molar-refractivity contribution is 7.89. The zero-order valence-corrected chi connectivity index (χ0v) is 20.2. The summed E-state index contributed by atoms with van der Waals surface area (Å²) in [6.45, 7) is 0.528.